The Hall–Kier alpha value is -2.39. The Labute approximate surface area is 174 Å². The first-order valence-electron chi connectivity index (χ1n) is 10.8. The summed E-state index contributed by atoms with van der Waals surface area (Å²) in [5, 5.41) is 3.05. The van der Waals surface area contributed by atoms with Gasteiger partial charge in [0.2, 0.25) is 0 Å². The average Bonchev–Trinajstić information content (AvgIpc) is 2.73. The minimum absolute atomic E-state index is 0.0418. The number of quaternary nitrogens is 1. The van der Waals surface area contributed by atoms with E-state index in [1.165, 1.54) is 12.5 Å². The Morgan fingerprint density at radius 2 is 1.90 bits per heavy atom. The molecule has 6 nitrogen and oxygen atoms in total. The number of aryl methyl sites for hydroxylation is 1. The molecule has 1 saturated heterocycles. The van der Waals surface area contributed by atoms with Crippen LogP contribution in [0.1, 0.15) is 68.8 Å². The number of ether oxygens (including phenoxy) is 1. The first-order valence-corrected chi connectivity index (χ1v) is 10.8. The van der Waals surface area contributed by atoms with Gasteiger partial charge in [0.15, 0.2) is 11.7 Å². The number of anilines is 1. The molecular weight excluding hydrogens is 366 g/mol. The van der Waals surface area contributed by atoms with Crippen LogP contribution in [0, 0.1) is 13.5 Å². The van der Waals surface area contributed by atoms with Crippen LogP contribution in [-0.4, -0.2) is 48.6 Å². The van der Waals surface area contributed by atoms with Crippen molar-refractivity contribution in [2.24, 2.45) is 0 Å². The molecule has 158 valence electrons. The molecule has 0 aliphatic carbocycles. The number of nitrogens with one attached hydrogen (secondary N) is 1. The monoisotopic (exact) mass is 400 g/mol. The SMILES string of the molecule is [C-]#[N+]c1cc(C)c(NC(=O)C(CCC)[N+]2(CC)CCCCC2)c(C(=O)OCC)c1. The highest BCUT2D eigenvalue weighted by atomic mass is 16.5. The summed E-state index contributed by atoms with van der Waals surface area (Å²) in [6.45, 7) is 18.3. The van der Waals surface area contributed by atoms with Gasteiger partial charge in [-0.2, -0.15) is 0 Å². The third-order valence-corrected chi connectivity index (χ3v) is 6.06. The highest BCUT2D eigenvalue weighted by Crippen LogP contribution is 2.31. The Morgan fingerprint density at radius 1 is 1.21 bits per heavy atom. The molecule has 0 aromatic heterocycles. The van der Waals surface area contributed by atoms with Crippen LogP contribution in [0.15, 0.2) is 12.1 Å². The number of likely N-dealkylation sites (tertiary alicyclic amines) is 1. The normalized spacial score (nSPS) is 16.5. The van der Waals surface area contributed by atoms with Crippen LogP contribution in [0.5, 0.6) is 0 Å². The molecule has 1 aliphatic heterocycles. The first kappa shape index (κ1) is 22.9. The zero-order chi connectivity index (χ0) is 21.4. The lowest BCUT2D eigenvalue weighted by Crippen LogP contribution is -2.62. The van der Waals surface area contributed by atoms with Crippen LogP contribution in [0.4, 0.5) is 11.4 Å². The molecule has 1 heterocycles. The fraction of sp³-hybridized carbons (Fsp3) is 0.609. The van der Waals surface area contributed by atoms with E-state index in [1.807, 2.05) is 6.92 Å². The minimum Gasteiger partial charge on any atom is -0.462 e. The number of hydrogen-bond donors (Lipinski definition) is 1. The Balaban J connectivity index is 2.40. The highest BCUT2D eigenvalue weighted by molar-refractivity contribution is 6.04. The third-order valence-electron chi connectivity index (χ3n) is 6.06. The van der Waals surface area contributed by atoms with Gasteiger partial charge >= 0.3 is 5.97 Å². The molecule has 0 saturated carbocycles. The number of esters is 1. The molecule has 1 aromatic rings. The van der Waals surface area contributed by atoms with Crippen molar-refractivity contribution in [3.63, 3.8) is 0 Å². The standard InChI is InChI=1S/C23H33N3O3/c1-6-12-20(26(7-2)13-10-9-11-14-26)22(27)25-21-17(4)15-18(24-5)16-19(21)23(28)29-8-3/h15-16,20H,6-14H2,1-4H3/p+1. The van der Waals surface area contributed by atoms with E-state index < -0.39 is 5.97 Å². The summed E-state index contributed by atoms with van der Waals surface area (Å²) in [4.78, 5) is 29.4. The van der Waals surface area contributed by atoms with Gasteiger partial charge in [0.1, 0.15) is 0 Å². The predicted molar refractivity (Wildman–Crippen MR) is 115 cm³/mol. The maximum Gasteiger partial charge on any atom is 0.338 e. The second-order valence-corrected chi connectivity index (χ2v) is 7.85. The van der Waals surface area contributed by atoms with E-state index in [4.69, 9.17) is 11.3 Å². The molecule has 1 aromatic carbocycles. The maximum atomic E-state index is 13.5. The van der Waals surface area contributed by atoms with E-state index in [2.05, 4.69) is 24.0 Å². The second kappa shape index (κ2) is 10.4. The van der Waals surface area contributed by atoms with Crippen LogP contribution < -0.4 is 5.32 Å². The Kier molecular flexibility index (Phi) is 8.21. The number of benzene rings is 1. The molecule has 1 fully saturated rings. The number of piperidine rings is 1. The molecule has 0 bridgehead atoms. The van der Waals surface area contributed by atoms with Crippen molar-refractivity contribution in [3.05, 3.63) is 34.7 Å². The molecule has 1 N–H and O–H groups in total. The van der Waals surface area contributed by atoms with E-state index in [1.54, 1.807) is 13.0 Å². The van der Waals surface area contributed by atoms with Crippen molar-refractivity contribution in [1.82, 2.24) is 0 Å². The molecule has 1 aliphatic rings. The lowest BCUT2D eigenvalue weighted by Gasteiger charge is -2.46. The fourth-order valence-electron chi connectivity index (χ4n) is 4.49. The highest BCUT2D eigenvalue weighted by Gasteiger charge is 2.41. The summed E-state index contributed by atoms with van der Waals surface area (Å²) in [6.07, 6.45) is 5.26. The van der Waals surface area contributed by atoms with Crippen molar-refractivity contribution in [3.8, 4) is 0 Å². The summed E-state index contributed by atoms with van der Waals surface area (Å²) >= 11 is 0. The third kappa shape index (κ3) is 5.16. The number of carbonyl (C=O) groups excluding carboxylic acids is 2. The lowest BCUT2D eigenvalue weighted by atomic mass is 9.98. The lowest BCUT2D eigenvalue weighted by molar-refractivity contribution is -0.945. The second-order valence-electron chi connectivity index (χ2n) is 7.85. The maximum absolute atomic E-state index is 13.5. The number of likely N-dealkylation sites (N-methyl/N-ethyl adjacent to an activating group) is 1. The van der Waals surface area contributed by atoms with E-state index in [-0.39, 0.29) is 24.1 Å². The number of nitrogens with zero attached hydrogens (tertiary/aromatic N) is 2. The van der Waals surface area contributed by atoms with Gasteiger partial charge in [0.25, 0.3) is 5.91 Å². The Bertz CT molecular complexity index is 776. The smallest absolute Gasteiger partial charge is 0.338 e. The first-order chi connectivity index (χ1) is 13.9. The molecule has 1 atom stereocenters. The summed E-state index contributed by atoms with van der Waals surface area (Å²) in [7, 11) is 0. The van der Waals surface area contributed by atoms with Crippen molar-refractivity contribution >= 4 is 23.3 Å². The number of rotatable bonds is 8. The predicted octanol–water partition coefficient (Wildman–Crippen LogP) is 4.85. The largest absolute Gasteiger partial charge is 0.462 e. The quantitative estimate of drug-likeness (QED) is 0.385. The molecule has 6 heteroatoms. The van der Waals surface area contributed by atoms with Gasteiger partial charge in [0, 0.05) is 6.42 Å². The fourth-order valence-corrected chi connectivity index (χ4v) is 4.49. The van der Waals surface area contributed by atoms with Gasteiger partial charge in [-0.05, 0) is 58.1 Å². The summed E-state index contributed by atoms with van der Waals surface area (Å²) in [5.41, 5.74) is 1.78. The van der Waals surface area contributed by atoms with Crippen molar-refractivity contribution < 1.29 is 18.8 Å². The van der Waals surface area contributed by atoms with Crippen LogP contribution in [0.3, 0.4) is 0 Å². The number of carbonyl (C=O) groups is 2. The van der Waals surface area contributed by atoms with Crippen molar-refractivity contribution in [1.29, 1.82) is 0 Å². The minimum atomic E-state index is -0.513. The van der Waals surface area contributed by atoms with Gasteiger partial charge in [-0.3, -0.25) is 4.79 Å². The van der Waals surface area contributed by atoms with Gasteiger partial charge in [-0.1, -0.05) is 13.0 Å². The molecule has 0 radical (unpaired) electrons. The summed E-state index contributed by atoms with van der Waals surface area (Å²) in [6, 6.07) is 3.07. The number of hydrogen-bond acceptors (Lipinski definition) is 3. The summed E-state index contributed by atoms with van der Waals surface area (Å²) in [5.74, 6) is -0.555. The van der Waals surface area contributed by atoms with Crippen LogP contribution >= 0.6 is 0 Å². The molecule has 0 spiro atoms. The molecule has 29 heavy (non-hydrogen) atoms. The van der Waals surface area contributed by atoms with E-state index in [9.17, 15) is 9.59 Å². The Morgan fingerprint density at radius 3 is 2.45 bits per heavy atom. The molecule has 1 amide bonds. The molecule has 2 rings (SSSR count). The zero-order valence-electron chi connectivity index (χ0n) is 18.2. The van der Waals surface area contributed by atoms with Crippen LogP contribution in [0.2, 0.25) is 0 Å². The van der Waals surface area contributed by atoms with E-state index in [0.29, 0.717) is 16.9 Å². The average molecular weight is 401 g/mol. The van der Waals surface area contributed by atoms with Crippen LogP contribution in [0.25, 0.3) is 4.85 Å². The van der Waals surface area contributed by atoms with Gasteiger partial charge < -0.3 is 14.5 Å². The van der Waals surface area contributed by atoms with E-state index >= 15 is 0 Å². The van der Waals surface area contributed by atoms with E-state index in [0.717, 1.165) is 49.8 Å². The van der Waals surface area contributed by atoms with Crippen molar-refractivity contribution in [2.75, 3.05) is 31.6 Å². The van der Waals surface area contributed by atoms with Crippen molar-refractivity contribution in [2.45, 2.75) is 65.8 Å². The van der Waals surface area contributed by atoms with Gasteiger partial charge in [0.05, 0.1) is 44.1 Å². The van der Waals surface area contributed by atoms with Crippen LogP contribution in [-0.2, 0) is 9.53 Å². The summed E-state index contributed by atoms with van der Waals surface area (Å²) < 4.78 is 5.99. The number of amides is 1. The molecular formula is C23H34N3O3+. The molecule has 1 unspecified atom stereocenters. The zero-order valence-corrected chi connectivity index (χ0v) is 18.2. The van der Waals surface area contributed by atoms with Gasteiger partial charge in [-0.25, -0.2) is 9.64 Å². The van der Waals surface area contributed by atoms with Gasteiger partial charge in [-0.15, -0.1) is 0 Å². The topological polar surface area (TPSA) is 59.8 Å².